The molecule has 0 bridgehead atoms. The summed E-state index contributed by atoms with van der Waals surface area (Å²) in [7, 11) is 0. The molecule has 1 aromatic heterocycles. The van der Waals surface area contributed by atoms with Crippen LogP contribution in [0.4, 0.5) is 5.69 Å². The highest BCUT2D eigenvalue weighted by molar-refractivity contribution is 7.80. The van der Waals surface area contributed by atoms with E-state index in [0.717, 1.165) is 34.6 Å². The van der Waals surface area contributed by atoms with E-state index < -0.39 is 0 Å². The molecule has 1 aromatic carbocycles. The number of nitrogens with zero attached hydrogens (tertiary/aromatic N) is 2. The molecule has 0 fully saturated rings. The molecule has 34 heavy (non-hydrogen) atoms. The molecule has 1 aliphatic carbocycles. The van der Waals surface area contributed by atoms with Crippen LogP contribution in [0.1, 0.15) is 53.5 Å². The highest BCUT2D eigenvalue weighted by Crippen LogP contribution is 2.45. The Kier molecular flexibility index (Phi) is 8.56. The first-order chi connectivity index (χ1) is 16.2. The molecule has 0 spiro atoms. The van der Waals surface area contributed by atoms with Crippen molar-refractivity contribution in [2.24, 2.45) is 5.41 Å². The fourth-order valence-electron chi connectivity index (χ4n) is 4.38. The topological polar surface area (TPSA) is 46.9 Å². The molecule has 1 aliphatic rings. The maximum absolute atomic E-state index is 12.2. The first-order valence-corrected chi connectivity index (χ1v) is 12.1. The van der Waals surface area contributed by atoms with Crippen LogP contribution in [0.25, 0.3) is 0 Å². The molecule has 1 atom stereocenters. The van der Waals surface area contributed by atoms with Crippen LogP contribution in [0, 0.1) is 5.41 Å². The molecule has 1 amide bonds. The Morgan fingerprint density at radius 1 is 1.24 bits per heavy atom. The Bertz CT molecular complexity index is 1160. The van der Waals surface area contributed by atoms with Crippen molar-refractivity contribution < 1.29 is 4.79 Å². The second-order valence-corrected chi connectivity index (χ2v) is 10.1. The van der Waals surface area contributed by atoms with Gasteiger partial charge in [-0.1, -0.05) is 55.9 Å². The van der Waals surface area contributed by atoms with Crippen LogP contribution >= 0.6 is 12.6 Å². The number of benzene rings is 1. The first-order valence-electron chi connectivity index (χ1n) is 11.7. The Morgan fingerprint density at radius 3 is 2.74 bits per heavy atom. The van der Waals surface area contributed by atoms with Crippen molar-refractivity contribution >= 4 is 24.2 Å². The van der Waals surface area contributed by atoms with Gasteiger partial charge < -0.3 is 9.88 Å². The summed E-state index contributed by atoms with van der Waals surface area (Å²) < 4.78 is 2.21. The van der Waals surface area contributed by atoms with Gasteiger partial charge in [0.2, 0.25) is 5.91 Å². The summed E-state index contributed by atoms with van der Waals surface area (Å²) in [5.74, 6) is -0.156. The highest BCUT2D eigenvalue weighted by Gasteiger charge is 2.32. The third-order valence-corrected chi connectivity index (χ3v) is 6.56. The maximum Gasteiger partial charge on any atom is 0.248 e. The predicted octanol–water partition coefficient (Wildman–Crippen LogP) is 7.49. The Hall–Kier alpha value is -3.05. The van der Waals surface area contributed by atoms with E-state index in [1.54, 1.807) is 6.08 Å². The SMILES string of the molecule is CC1=C(/C=C/C(C)=C/C=C/C(C)=C/C(=O)Nc2cccc(S)c2)C(C)(C)CCC1n1ccnc1. The average molecular weight is 474 g/mol. The summed E-state index contributed by atoms with van der Waals surface area (Å²) in [4.78, 5) is 17.3. The van der Waals surface area contributed by atoms with Gasteiger partial charge in [0, 0.05) is 29.1 Å². The Labute approximate surface area is 209 Å². The average Bonchev–Trinajstić information content (AvgIpc) is 3.27. The molecule has 0 saturated carbocycles. The summed E-state index contributed by atoms with van der Waals surface area (Å²) in [6.07, 6.45) is 20.1. The minimum atomic E-state index is -0.156. The summed E-state index contributed by atoms with van der Waals surface area (Å²) in [5, 5.41) is 2.86. The Morgan fingerprint density at radius 2 is 2.03 bits per heavy atom. The van der Waals surface area contributed by atoms with E-state index in [2.05, 4.69) is 79.6 Å². The van der Waals surface area contributed by atoms with Gasteiger partial charge in [0.05, 0.1) is 12.4 Å². The lowest BCUT2D eigenvalue weighted by Gasteiger charge is -2.37. The minimum Gasteiger partial charge on any atom is -0.330 e. The van der Waals surface area contributed by atoms with Crippen molar-refractivity contribution in [3.63, 3.8) is 0 Å². The standard InChI is InChI=1S/C29H35N3OS/c1-21(8-6-9-22(2)18-28(33)31-24-10-7-11-25(34)19-24)12-13-26-23(3)27(14-15-29(26,4)5)32-17-16-30-20-32/h6-13,16-20,27,34H,14-15H2,1-5H3,(H,31,33)/b9-6+,13-12+,21-8+,22-18+. The van der Waals surface area contributed by atoms with Crippen molar-refractivity contribution in [1.82, 2.24) is 9.55 Å². The molecule has 178 valence electrons. The lowest BCUT2D eigenvalue weighted by Crippen LogP contribution is -2.25. The smallest absolute Gasteiger partial charge is 0.248 e. The fraction of sp³-hybridized carbons (Fsp3) is 0.310. The number of imidazole rings is 1. The predicted molar refractivity (Wildman–Crippen MR) is 145 cm³/mol. The van der Waals surface area contributed by atoms with Crippen molar-refractivity contribution in [2.75, 3.05) is 5.32 Å². The maximum atomic E-state index is 12.2. The first kappa shape index (κ1) is 25.6. The number of amides is 1. The molecular formula is C29H35N3OS. The van der Waals surface area contributed by atoms with Crippen LogP contribution in [-0.2, 0) is 4.79 Å². The zero-order chi connectivity index (χ0) is 24.7. The number of carbonyl (C=O) groups is 1. The molecule has 1 N–H and O–H groups in total. The van der Waals surface area contributed by atoms with Crippen LogP contribution in [-0.4, -0.2) is 15.5 Å². The van der Waals surface area contributed by atoms with Gasteiger partial charge in [0.15, 0.2) is 0 Å². The van der Waals surface area contributed by atoms with Crippen molar-refractivity contribution in [1.29, 1.82) is 0 Å². The van der Waals surface area contributed by atoms with Crippen LogP contribution in [0.2, 0.25) is 0 Å². The van der Waals surface area contributed by atoms with E-state index in [1.807, 2.05) is 55.9 Å². The van der Waals surface area contributed by atoms with Gasteiger partial charge in [-0.3, -0.25) is 4.79 Å². The van der Waals surface area contributed by atoms with Crippen molar-refractivity contribution in [3.05, 3.63) is 102 Å². The lowest BCUT2D eigenvalue weighted by atomic mass is 9.71. The fourth-order valence-corrected chi connectivity index (χ4v) is 4.61. The van der Waals surface area contributed by atoms with Crippen LogP contribution in [0.5, 0.6) is 0 Å². The zero-order valence-electron chi connectivity index (χ0n) is 20.7. The second-order valence-electron chi connectivity index (χ2n) is 9.58. The quantitative estimate of drug-likeness (QED) is 0.248. The van der Waals surface area contributed by atoms with E-state index in [1.165, 1.54) is 11.1 Å². The number of thiol groups is 1. The van der Waals surface area contributed by atoms with Gasteiger partial charge in [-0.25, -0.2) is 4.98 Å². The van der Waals surface area contributed by atoms with Crippen molar-refractivity contribution in [3.8, 4) is 0 Å². The second kappa shape index (κ2) is 11.4. The third kappa shape index (κ3) is 6.97. The molecule has 0 saturated heterocycles. The summed E-state index contributed by atoms with van der Waals surface area (Å²) >= 11 is 4.30. The lowest BCUT2D eigenvalue weighted by molar-refractivity contribution is -0.111. The highest BCUT2D eigenvalue weighted by atomic mass is 32.1. The monoisotopic (exact) mass is 473 g/mol. The number of nitrogens with one attached hydrogen (secondary N) is 1. The number of rotatable bonds is 7. The van der Waals surface area contributed by atoms with Crippen molar-refractivity contribution in [2.45, 2.75) is 58.4 Å². The summed E-state index contributed by atoms with van der Waals surface area (Å²) in [6, 6.07) is 7.77. The van der Waals surface area contributed by atoms with Crippen LogP contribution in [0.15, 0.2) is 107 Å². The van der Waals surface area contributed by atoms with Gasteiger partial charge in [-0.05, 0) is 73.9 Å². The number of allylic oxidation sites excluding steroid dienone is 9. The molecule has 5 heteroatoms. The Balaban J connectivity index is 1.66. The largest absolute Gasteiger partial charge is 0.330 e. The number of hydrogen-bond acceptors (Lipinski definition) is 3. The van der Waals surface area contributed by atoms with Crippen LogP contribution < -0.4 is 5.32 Å². The van der Waals surface area contributed by atoms with Gasteiger partial charge >= 0.3 is 0 Å². The molecule has 1 heterocycles. The van der Waals surface area contributed by atoms with E-state index in [0.29, 0.717) is 6.04 Å². The molecule has 0 radical (unpaired) electrons. The number of aromatic nitrogens is 2. The minimum absolute atomic E-state index is 0.146. The molecule has 4 nitrogen and oxygen atoms in total. The van der Waals surface area contributed by atoms with Gasteiger partial charge in [-0.2, -0.15) is 0 Å². The van der Waals surface area contributed by atoms with E-state index in [4.69, 9.17) is 0 Å². The molecule has 1 unspecified atom stereocenters. The van der Waals surface area contributed by atoms with E-state index in [9.17, 15) is 4.79 Å². The third-order valence-electron chi connectivity index (χ3n) is 6.28. The van der Waals surface area contributed by atoms with Gasteiger partial charge in [0.25, 0.3) is 0 Å². The van der Waals surface area contributed by atoms with Gasteiger partial charge in [0.1, 0.15) is 0 Å². The number of anilines is 1. The summed E-state index contributed by atoms with van der Waals surface area (Å²) in [6.45, 7) is 10.9. The summed E-state index contributed by atoms with van der Waals surface area (Å²) in [5.41, 5.74) is 5.71. The molecule has 0 aliphatic heterocycles. The van der Waals surface area contributed by atoms with Gasteiger partial charge in [-0.15, -0.1) is 12.6 Å². The molecule has 2 aromatic rings. The molecular weight excluding hydrogens is 438 g/mol. The van der Waals surface area contributed by atoms with E-state index in [-0.39, 0.29) is 11.3 Å². The number of carbonyl (C=O) groups excluding carboxylic acids is 1. The zero-order valence-corrected chi connectivity index (χ0v) is 21.6. The van der Waals surface area contributed by atoms with E-state index >= 15 is 0 Å². The van der Waals surface area contributed by atoms with Crippen LogP contribution in [0.3, 0.4) is 0 Å². The number of hydrogen-bond donors (Lipinski definition) is 2. The normalized spacial score (nSPS) is 19.3. The molecule has 3 rings (SSSR count).